The van der Waals surface area contributed by atoms with Crippen LogP contribution in [-0.2, 0) is 9.53 Å². The van der Waals surface area contributed by atoms with Gasteiger partial charge in [-0.1, -0.05) is 0 Å². The quantitative estimate of drug-likeness (QED) is 0.681. The maximum Gasteiger partial charge on any atom is 0.307 e. The highest BCUT2D eigenvalue weighted by atomic mass is 16.5. The SMILES string of the molecule is CCOC(=O)CC(C)N1CCC(N(C)C)CC1. The number of nitrogens with zero attached hydrogens (tertiary/aromatic N) is 2. The Kier molecular flexibility index (Phi) is 5.92. The van der Waals surface area contributed by atoms with Crippen LogP contribution in [0.4, 0.5) is 0 Å². The van der Waals surface area contributed by atoms with Crippen LogP contribution in [0.25, 0.3) is 0 Å². The van der Waals surface area contributed by atoms with Crippen LogP contribution < -0.4 is 0 Å². The van der Waals surface area contributed by atoms with Gasteiger partial charge in [0.1, 0.15) is 0 Å². The fourth-order valence-electron chi connectivity index (χ4n) is 2.43. The maximum absolute atomic E-state index is 11.4. The van der Waals surface area contributed by atoms with Crippen LogP contribution in [-0.4, -0.2) is 61.6 Å². The van der Waals surface area contributed by atoms with Gasteiger partial charge in [-0.05, 0) is 53.9 Å². The largest absolute Gasteiger partial charge is 0.466 e. The van der Waals surface area contributed by atoms with Gasteiger partial charge in [0.2, 0.25) is 0 Å². The van der Waals surface area contributed by atoms with E-state index >= 15 is 0 Å². The molecule has 0 amide bonds. The van der Waals surface area contributed by atoms with E-state index in [2.05, 4.69) is 30.8 Å². The van der Waals surface area contributed by atoms with Crippen molar-refractivity contribution < 1.29 is 9.53 Å². The summed E-state index contributed by atoms with van der Waals surface area (Å²) < 4.78 is 4.99. The Morgan fingerprint density at radius 2 is 2.00 bits per heavy atom. The summed E-state index contributed by atoms with van der Waals surface area (Å²) in [7, 11) is 4.28. The molecule has 1 atom stereocenters. The Balaban J connectivity index is 2.30. The van der Waals surface area contributed by atoms with Crippen molar-refractivity contribution in [2.75, 3.05) is 33.8 Å². The molecule has 1 aliphatic rings. The van der Waals surface area contributed by atoms with Crippen molar-refractivity contribution in [3.8, 4) is 0 Å². The average Bonchev–Trinajstić information content (AvgIpc) is 2.29. The number of likely N-dealkylation sites (tertiary alicyclic amines) is 1. The van der Waals surface area contributed by atoms with Crippen molar-refractivity contribution in [2.24, 2.45) is 0 Å². The highest BCUT2D eigenvalue weighted by Crippen LogP contribution is 2.17. The van der Waals surface area contributed by atoms with Gasteiger partial charge in [0, 0.05) is 12.1 Å². The van der Waals surface area contributed by atoms with Crippen molar-refractivity contribution in [2.45, 2.75) is 45.2 Å². The molecular weight excluding hydrogens is 216 g/mol. The number of ether oxygens (including phenoxy) is 1. The van der Waals surface area contributed by atoms with E-state index < -0.39 is 0 Å². The molecule has 0 aromatic carbocycles. The second kappa shape index (κ2) is 6.97. The second-order valence-corrected chi connectivity index (χ2v) is 5.09. The molecule has 0 N–H and O–H groups in total. The Hall–Kier alpha value is -0.610. The molecule has 0 saturated carbocycles. The van der Waals surface area contributed by atoms with Crippen LogP contribution in [0.2, 0.25) is 0 Å². The van der Waals surface area contributed by atoms with E-state index in [0.717, 1.165) is 13.1 Å². The van der Waals surface area contributed by atoms with Crippen LogP contribution in [0.3, 0.4) is 0 Å². The molecule has 17 heavy (non-hydrogen) atoms. The van der Waals surface area contributed by atoms with Crippen LogP contribution in [0.15, 0.2) is 0 Å². The van der Waals surface area contributed by atoms with Gasteiger partial charge in [0.05, 0.1) is 13.0 Å². The Morgan fingerprint density at radius 1 is 1.41 bits per heavy atom. The summed E-state index contributed by atoms with van der Waals surface area (Å²) in [6.45, 7) is 6.62. The van der Waals surface area contributed by atoms with Gasteiger partial charge >= 0.3 is 5.97 Å². The molecule has 1 saturated heterocycles. The minimum absolute atomic E-state index is 0.0743. The fraction of sp³-hybridized carbons (Fsp3) is 0.923. The smallest absolute Gasteiger partial charge is 0.307 e. The molecule has 4 heteroatoms. The van der Waals surface area contributed by atoms with E-state index in [0.29, 0.717) is 25.1 Å². The van der Waals surface area contributed by atoms with Crippen LogP contribution in [0.1, 0.15) is 33.1 Å². The summed E-state index contributed by atoms with van der Waals surface area (Å²) in [5.41, 5.74) is 0. The molecule has 100 valence electrons. The lowest BCUT2D eigenvalue weighted by molar-refractivity contribution is -0.144. The fourth-order valence-corrected chi connectivity index (χ4v) is 2.43. The van der Waals surface area contributed by atoms with Crippen molar-refractivity contribution in [1.82, 2.24) is 9.80 Å². The van der Waals surface area contributed by atoms with Crippen LogP contribution >= 0.6 is 0 Å². The lowest BCUT2D eigenvalue weighted by Crippen LogP contribution is -2.46. The summed E-state index contributed by atoms with van der Waals surface area (Å²) in [4.78, 5) is 16.1. The monoisotopic (exact) mass is 242 g/mol. The number of rotatable bonds is 5. The third-order valence-corrected chi connectivity index (χ3v) is 3.62. The summed E-state index contributed by atoms with van der Waals surface area (Å²) in [6, 6.07) is 0.998. The van der Waals surface area contributed by atoms with E-state index in [4.69, 9.17) is 4.74 Å². The summed E-state index contributed by atoms with van der Waals surface area (Å²) in [6.07, 6.45) is 2.90. The maximum atomic E-state index is 11.4. The molecule has 1 heterocycles. The molecule has 1 unspecified atom stereocenters. The number of esters is 1. The Labute approximate surface area is 105 Å². The number of carbonyl (C=O) groups excluding carboxylic acids is 1. The molecule has 1 fully saturated rings. The normalized spacial score (nSPS) is 20.5. The molecule has 0 bridgehead atoms. The van der Waals surface area contributed by atoms with E-state index in [-0.39, 0.29) is 5.97 Å². The zero-order valence-corrected chi connectivity index (χ0v) is 11.6. The third kappa shape index (κ3) is 4.64. The first-order valence-corrected chi connectivity index (χ1v) is 6.60. The minimum Gasteiger partial charge on any atom is -0.466 e. The number of piperidine rings is 1. The first-order chi connectivity index (χ1) is 8.04. The number of hydrogen-bond donors (Lipinski definition) is 0. The zero-order valence-electron chi connectivity index (χ0n) is 11.6. The van der Waals surface area contributed by atoms with Crippen molar-refractivity contribution in [3.05, 3.63) is 0 Å². The van der Waals surface area contributed by atoms with Gasteiger partial charge in [-0.3, -0.25) is 9.69 Å². The average molecular weight is 242 g/mol. The third-order valence-electron chi connectivity index (χ3n) is 3.62. The molecule has 0 aromatic heterocycles. The van der Waals surface area contributed by atoms with Crippen molar-refractivity contribution >= 4 is 5.97 Å². The molecule has 4 nitrogen and oxygen atoms in total. The highest BCUT2D eigenvalue weighted by Gasteiger charge is 2.25. The molecule has 0 aromatic rings. The van der Waals surface area contributed by atoms with Crippen LogP contribution in [0.5, 0.6) is 0 Å². The second-order valence-electron chi connectivity index (χ2n) is 5.09. The van der Waals surface area contributed by atoms with Gasteiger partial charge < -0.3 is 9.64 Å². The van der Waals surface area contributed by atoms with E-state index in [9.17, 15) is 4.79 Å². The predicted octanol–water partition coefficient (Wildman–Crippen LogP) is 1.35. The predicted molar refractivity (Wildman–Crippen MR) is 69.0 cm³/mol. The van der Waals surface area contributed by atoms with Gasteiger partial charge in [-0.25, -0.2) is 0 Å². The van der Waals surface area contributed by atoms with Gasteiger partial charge in [-0.15, -0.1) is 0 Å². The molecular formula is C13H26N2O2. The lowest BCUT2D eigenvalue weighted by Gasteiger charge is -2.38. The van der Waals surface area contributed by atoms with Gasteiger partial charge in [0.25, 0.3) is 0 Å². The van der Waals surface area contributed by atoms with E-state index in [1.165, 1.54) is 12.8 Å². The molecule has 0 radical (unpaired) electrons. The summed E-state index contributed by atoms with van der Waals surface area (Å²) in [5, 5.41) is 0. The first kappa shape index (κ1) is 14.5. The molecule has 1 aliphatic heterocycles. The summed E-state index contributed by atoms with van der Waals surface area (Å²) >= 11 is 0. The van der Waals surface area contributed by atoms with Crippen molar-refractivity contribution in [1.29, 1.82) is 0 Å². The molecule has 0 spiro atoms. The standard InChI is InChI=1S/C13H26N2O2/c1-5-17-13(16)10-11(2)15-8-6-12(7-9-15)14(3)4/h11-12H,5-10H2,1-4H3. The van der Waals surface area contributed by atoms with Gasteiger partial charge in [0.15, 0.2) is 0 Å². The van der Waals surface area contributed by atoms with E-state index in [1.54, 1.807) is 0 Å². The molecule has 0 aliphatic carbocycles. The highest BCUT2D eigenvalue weighted by molar-refractivity contribution is 5.70. The molecule has 1 rings (SSSR count). The Morgan fingerprint density at radius 3 is 2.47 bits per heavy atom. The lowest BCUT2D eigenvalue weighted by atomic mass is 10.0. The summed E-state index contributed by atoms with van der Waals surface area (Å²) in [5.74, 6) is -0.0743. The number of carbonyl (C=O) groups is 1. The van der Waals surface area contributed by atoms with Gasteiger partial charge in [-0.2, -0.15) is 0 Å². The number of hydrogen-bond acceptors (Lipinski definition) is 4. The van der Waals surface area contributed by atoms with E-state index in [1.807, 2.05) is 6.92 Å². The van der Waals surface area contributed by atoms with Crippen LogP contribution in [0, 0.1) is 0 Å². The zero-order chi connectivity index (χ0) is 12.8. The Bertz CT molecular complexity index is 236. The topological polar surface area (TPSA) is 32.8 Å². The van der Waals surface area contributed by atoms with Crippen molar-refractivity contribution in [3.63, 3.8) is 0 Å². The minimum atomic E-state index is -0.0743. The first-order valence-electron chi connectivity index (χ1n) is 6.60.